The van der Waals surface area contributed by atoms with E-state index in [4.69, 9.17) is 5.11 Å². The minimum absolute atomic E-state index is 0.433. The van der Waals surface area contributed by atoms with Crippen molar-refractivity contribution in [2.45, 2.75) is 13.0 Å². The summed E-state index contributed by atoms with van der Waals surface area (Å²) in [6, 6.07) is 0. The third-order valence-corrected chi connectivity index (χ3v) is 0.969. The smallest absolute Gasteiger partial charge is 0.0925 e. The Bertz CT molecular complexity index is 145. The Morgan fingerprint density at radius 2 is 2.62 bits per heavy atom. The van der Waals surface area contributed by atoms with Crippen molar-refractivity contribution in [3.8, 4) is 0 Å². The number of H-pyrrole nitrogens is 1. The molecule has 1 rings (SSSR count). The Kier molecular flexibility index (Phi) is 1.30. The van der Waals surface area contributed by atoms with E-state index < -0.39 is 6.10 Å². The predicted molar refractivity (Wildman–Crippen MR) is 29.2 cm³/mol. The molecule has 0 aromatic carbocycles. The standard InChI is InChI=1S/C5H8N2O/c1-4(8)5-2-6-3-7-5/h2-4,8H,1H3,(H,6,7)/t4-/m1/s1. The van der Waals surface area contributed by atoms with E-state index in [1.165, 1.54) is 0 Å². The first-order chi connectivity index (χ1) is 3.80. The first kappa shape index (κ1) is 5.31. The lowest BCUT2D eigenvalue weighted by atomic mass is 10.3. The molecule has 0 spiro atoms. The summed E-state index contributed by atoms with van der Waals surface area (Å²) in [7, 11) is 0. The molecule has 0 unspecified atom stereocenters. The van der Waals surface area contributed by atoms with E-state index in [0.29, 0.717) is 0 Å². The van der Waals surface area contributed by atoms with Gasteiger partial charge in [-0.3, -0.25) is 0 Å². The molecule has 0 saturated carbocycles. The van der Waals surface area contributed by atoms with Crippen molar-refractivity contribution in [1.82, 2.24) is 9.97 Å². The summed E-state index contributed by atoms with van der Waals surface area (Å²) >= 11 is 0. The summed E-state index contributed by atoms with van der Waals surface area (Å²) < 4.78 is 0. The van der Waals surface area contributed by atoms with E-state index in [1.54, 1.807) is 19.4 Å². The fraction of sp³-hybridized carbons (Fsp3) is 0.400. The highest BCUT2D eigenvalue weighted by Gasteiger charge is 1.97. The van der Waals surface area contributed by atoms with Gasteiger partial charge in [0.1, 0.15) is 0 Å². The van der Waals surface area contributed by atoms with Crippen LogP contribution in [-0.4, -0.2) is 15.1 Å². The van der Waals surface area contributed by atoms with Gasteiger partial charge in [-0.05, 0) is 6.92 Å². The molecule has 3 heteroatoms. The summed E-state index contributed by atoms with van der Waals surface area (Å²) in [5, 5.41) is 8.84. The van der Waals surface area contributed by atoms with Crippen molar-refractivity contribution < 1.29 is 5.11 Å². The summed E-state index contributed by atoms with van der Waals surface area (Å²) in [6.45, 7) is 1.69. The van der Waals surface area contributed by atoms with Gasteiger partial charge in [-0.25, -0.2) is 4.98 Å². The lowest BCUT2D eigenvalue weighted by molar-refractivity contribution is 0.195. The van der Waals surface area contributed by atoms with Gasteiger partial charge in [0.25, 0.3) is 0 Å². The van der Waals surface area contributed by atoms with Gasteiger partial charge >= 0.3 is 0 Å². The summed E-state index contributed by atoms with van der Waals surface area (Å²) in [6.07, 6.45) is 2.71. The molecule has 0 aliphatic heterocycles. The third kappa shape index (κ3) is 0.869. The number of aromatic amines is 1. The van der Waals surface area contributed by atoms with Crippen LogP contribution in [0.25, 0.3) is 0 Å². The molecule has 0 fully saturated rings. The molecule has 1 aromatic rings. The van der Waals surface area contributed by atoms with Crippen molar-refractivity contribution in [3.05, 3.63) is 18.2 Å². The zero-order valence-corrected chi connectivity index (χ0v) is 4.63. The Morgan fingerprint density at radius 3 is 2.88 bits per heavy atom. The fourth-order valence-electron chi connectivity index (χ4n) is 0.495. The number of rotatable bonds is 1. The van der Waals surface area contributed by atoms with Gasteiger partial charge in [0, 0.05) is 0 Å². The maximum atomic E-state index is 8.84. The van der Waals surface area contributed by atoms with Crippen molar-refractivity contribution in [2.24, 2.45) is 0 Å². The highest BCUT2D eigenvalue weighted by atomic mass is 16.3. The highest BCUT2D eigenvalue weighted by molar-refractivity contribution is 4.96. The molecular weight excluding hydrogens is 104 g/mol. The molecule has 1 aromatic heterocycles. The van der Waals surface area contributed by atoms with Crippen molar-refractivity contribution in [2.75, 3.05) is 0 Å². The molecule has 1 atom stereocenters. The number of hydrogen-bond donors (Lipinski definition) is 2. The molecule has 1 heterocycles. The second-order valence-electron chi connectivity index (χ2n) is 1.68. The van der Waals surface area contributed by atoms with E-state index in [0.717, 1.165) is 5.69 Å². The largest absolute Gasteiger partial charge is 0.387 e. The Labute approximate surface area is 47.4 Å². The van der Waals surface area contributed by atoms with Crippen molar-refractivity contribution in [3.63, 3.8) is 0 Å². The minimum Gasteiger partial charge on any atom is -0.387 e. The van der Waals surface area contributed by atoms with Crippen LogP contribution in [0.2, 0.25) is 0 Å². The number of hydrogen-bond acceptors (Lipinski definition) is 2. The maximum absolute atomic E-state index is 8.84. The molecule has 44 valence electrons. The molecule has 0 saturated heterocycles. The van der Waals surface area contributed by atoms with E-state index in [9.17, 15) is 0 Å². The molecule has 0 aliphatic carbocycles. The molecule has 8 heavy (non-hydrogen) atoms. The van der Waals surface area contributed by atoms with Gasteiger partial charge in [-0.1, -0.05) is 0 Å². The van der Waals surface area contributed by atoms with Crippen molar-refractivity contribution >= 4 is 0 Å². The number of aliphatic hydroxyl groups excluding tert-OH is 1. The van der Waals surface area contributed by atoms with Crippen LogP contribution >= 0.6 is 0 Å². The SMILES string of the molecule is C[C@@H](O)c1cnc[nH]1. The minimum atomic E-state index is -0.433. The van der Waals surface area contributed by atoms with Gasteiger partial charge in [0.15, 0.2) is 0 Å². The quantitative estimate of drug-likeness (QED) is 0.554. The zero-order chi connectivity index (χ0) is 5.98. The second kappa shape index (κ2) is 1.96. The van der Waals surface area contributed by atoms with Gasteiger partial charge in [-0.2, -0.15) is 0 Å². The summed E-state index contributed by atoms with van der Waals surface area (Å²) in [4.78, 5) is 6.50. The average molecular weight is 112 g/mol. The van der Waals surface area contributed by atoms with Crippen LogP contribution < -0.4 is 0 Å². The molecule has 2 N–H and O–H groups in total. The molecule has 0 radical (unpaired) electrons. The highest BCUT2D eigenvalue weighted by Crippen LogP contribution is 2.04. The number of aromatic nitrogens is 2. The lowest BCUT2D eigenvalue weighted by Gasteiger charge is -1.95. The van der Waals surface area contributed by atoms with E-state index in [1.807, 2.05) is 0 Å². The first-order valence-electron chi connectivity index (χ1n) is 2.47. The molecular formula is C5H8N2O. The number of nitrogens with zero attached hydrogens (tertiary/aromatic N) is 1. The maximum Gasteiger partial charge on any atom is 0.0925 e. The van der Waals surface area contributed by atoms with Gasteiger partial charge in [0.2, 0.25) is 0 Å². The zero-order valence-electron chi connectivity index (χ0n) is 4.63. The molecule has 3 nitrogen and oxygen atoms in total. The van der Waals surface area contributed by atoms with Crippen LogP contribution in [0.5, 0.6) is 0 Å². The Balaban J connectivity index is 2.77. The van der Waals surface area contributed by atoms with Crippen LogP contribution in [0, 0.1) is 0 Å². The summed E-state index contributed by atoms with van der Waals surface area (Å²) in [5.74, 6) is 0. The van der Waals surface area contributed by atoms with E-state index in [2.05, 4.69) is 9.97 Å². The average Bonchev–Trinajstić information content (AvgIpc) is 2.12. The van der Waals surface area contributed by atoms with Crippen LogP contribution in [-0.2, 0) is 0 Å². The molecule has 0 aliphatic rings. The van der Waals surface area contributed by atoms with Crippen molar-refractivity contribution in [1.29, 1.82) is 0 Å². The van der Waals surface area contributed by atoms with Gasteiger partial charge in [-0.15, -0.1) is 0 Å². The van der Waals surface area contributed by atoms with Crippen LogP contribution in [0.1, 0.15) is 18.7 Å². The van der Waals surface area contributed by atoms with Gasteiger partial charge < -0.3 is 10.1 Å². The normalized spacial score (nSPS) is 13.8. The summed E-state index contributed by atoms with van der Waals surface area (Å²) in [5.41, 5.74) is 0.755. The predicted octanol–water partition coefficient (Wildman–Crippen LogP) is 0.463. The lowest BCUT2D eigenvalue weighted by Crippen LogP contribution is -1.88. The van der Waals surface area contributed by atoms with Gasteiger partial charge in [0.05, 0.1) is 24.3 Å². The second-order valence-corrected chi connectivity index (χ2v) is 1.68. The number of nitrogens with one attached hydrogen (secondary N) is 1. The van der Waals surface area contributed by atoms with Crippen LogP contribution in [0.15, 0.2) is 12.5 Å². The molecule has 0 bridgehead atoms. The monoisotopic (exact) mass is 112 g/mol. The Hall–Kier alpha value is -0.830. The fourth-order valence-corrected chi connectivity index (χ4v) is 0.495. The Morgan fingerprint density at radius 1 is 1.88 bits per heavy atom. The number of aliphatic hydroxyl groups is 1. The van der Waals surface area contributed by atoms with E-state index >= 15 is 0 Å². The first-order valence-corrected chi connectivity index (χ1v) is 2.47. The molecule has 0 amide bonds. The third-order valence-electron chi connectivity index (χ3n) is 0.969. The van der Waals surface area contributed by atoms with Crippen LogP contribution in [0.4, 0.5) is 0 Å². The number of imidazole rings is 1. The van der Waals surface area contributed by atoms with E-state index in [-0.39, 0.29) is 0 Å². The topological polar surface area (TPSA) is 48.9 Å². The van der Waals surface area contributed by atoms with Crippen LogP contribution in [0.3, 0.4) is 0 Å².